The van der Waals surface area contributed by atoms with Gasteiger partial charge in [0.15, 0.2) is 0 Å². The number of amides is 2. The van der Waals surface area contributed by atoms with E-state index in [2.05, 4.69) is 15.4 Å². The Kier molecular flexibility index (Phi) is 4.94. The van der Waals surface area contributed by atoms with E-state index in [9.17, 15) is 13.6 Å². The first-order valence-electron chi connectivity index (χ1n) is 5.91. The lowest BCUT2D eigenvalue weighted by atomic mass is 10.3. The number of anilines is 2. The van der Waals surface area contributed by atoms with E-state index in [0.29, 0.717) is 16.4 Å². The highest BCUT2D eigenvalue weighted by atomic mass is 35.5. The van der Waals surface area contributed by atoms with Gasteiger partial charge in [-0.05, 0) is 42.5 Å². The number of ether oxygens (including phenoxy) is 1. The molecule has 110 valence electrons. The average Bonchev–Trinajstić information content (AvgIpc) is 2.40. The molecule has 0 saturated carbocycles. The summed E-state index contributed by atoms with van der Waals surface area (Å²) in [5.74, 6) is 0.0193. The lowest BCUT2D eigenvalue weighted by molar-refractivity contribution is -0.0498. The van der Waals surface area contributed by atoms with Crippen LogP contribution in [0.2, 0.25) is 5.02 Å². The van der Waals surface area contributed by atoms with Crippen LogP contribution in [0.25, 0.3) is 0 Å². The lowest BCUT2D eigenvalue weighted by Gasteiger charge is -2.09. The van der Waals surface area contributed by atoms with E-state index < -0.39 is 12.6 Å². The van der Waals surface area contributed by atoms with Crippen molar-refractivity contribution in [2.24, 2.45) is 0 Å². The second-order valence-electron chi connectivity index (χ2n) is 3.99. The standard InChI is InChI=1S/C14H11ClF2N2O2/c15-9-2-1-3-11(8-9)19-14(20)18-10-4-6-12(7-5-10)21-13(16)17/h1-8,13H,(H2,18,19,20). The largest absolute Gasteiger partial charge is 0.435 e. The molecule has 0 aliphatic heterocycles. The van der Waals surface area contributed by atoms with Crippen molar-refractivity contribution in [3.05, 3.63) is 53.6 Å². The molecule has 0 radical (unpaired) electrons. The van der Waals surface area contributed by atoms with E-state index >= 15 is 0 Å². The Hall–Kier alpha value is -2.34. The third kappa shape index (κ3) is 4.92. The minimum Gasteiger partial charge on any atom is -0.435 e. The first kappa shape index (κ1) is 15.1. The van der Waals surface area contributed by atoms with Crippen molar-refractivity contribution in [1.82, 2.24) is 0 Å². The number of benzene rings is 2. The molecular formula is C14H11ClF2N2O2. The summed E-state index contributed by atoms with van der Waals surface area (Å²) in [6.07, 6.45) is 0. The number of nitrogens with one attached hydrogen (secondary N) is 2. The summed E-state index contributed by atoms with van der Waals surface area (Å²) in [5, 5.41) is 5.65. The van der Waals surface area contributed by atoms with Gasteiger partial charge >= 0.3 is 12.6 Å². The topological polar surface area (TPSA) is 50.4 Å². The Morgan fingerprint density at radius 2 is 1.71 bits per heavy atom. The summed E-state index contributed by atoms with van der Waals surface area (Å²) >= 11 is 5.80. The van der Waals surface area contributed by atoms with Gasteiger partial charge in [0.25, 0.3) is 0 Å². The number of halogens is 3. The summed E-state index contributed by atoms with van der Waals surface area (Å²) < 4.78 is 28.2. The minimum absolute atomic E-state index is 0.0193. The number of carbonyl (C=O) groups is 1. The fraction of sp³-hybridized carbons (Fsp3) is 0.0714. The summed E-state index contributed by atoms with van der Waals surface area (Å²) in [5.41, 5.74) is 0.980. The van der Waals surface area contributed by atoms with E-state index in [1.165, 1.54) is 24.3 Å². The number of carbonyl (C=O) groups excluding carboxylic acids is 1. The zero-order valence-electron chi connectivity index (χ0n) is 10.6. The highest BCUT2D eigenvalue weighted by molar-refractivity contribution is 6.30. The summed E-state index contributed by atoms with van der Waals surface area (Å²) in [7, 11) is 0. The Balaban J connectivity index is 1.93. The van der Waals surface area contributed by atoms with Crippen LogP contribution in [-0.4, -0.2) is 12.6 Å². The molecule has 0 saturated heterocycles. The highest BCUT2D eigenvalue weighted by Gasteiger charge is 2.06. The normalized spacial score (nSPS) is 10.3. The van der Waals surface area contributed by atoms with E-state index in [0.717, 1.165) is 0 Å². The molecule has 0 aliphatic rings. The van der Waals surface area contributed by atoms with Gasteiger partial charge in [-0.3, -0.25) is 0 Å². The van der Waals surface area contributed by atoms with Gasteiger partial charge in [-0.15, -0.1) is 0 Å². The summed E-state index contributed by atoms with van der Waals surface area (Å²) in [6, 6.07) is 11.8. The van der Waals surface area contributed by atoms with Crippen LogP contribution in [-0.2, 0) is 0 Å². The van der Waals surface area contributed by atoms with Gasteiger partial charge in [0.2, 0.25) is 0 Å². The number of urea groups is 1. The predicted molar refractivity (Wildman–Crippen MR) is 77.2 cm³/mol. The Morgan fingerprint density at radius 1 is 1.05 bits per heavy atom. The molecule has 2 aromatic rings. The second-order valence-corrected chi connectivity index (χ2v) is 4.43. The van der Waals surface area contributed by atoms with Gasteiger partial charge < -0.3 is 15.4 Å². The van der Waals surface area contributed by atoms with Crippen LogP contribution < -0.4 is 15.4 Å². The molecule has 2 rings (SSSR count). The molecule has 0 bridgehead atoms. The SMILES string of the molecule is O=C(Nc1ccc(OC(F)F)cc1)Nc1cccc(Cl)c1. The quantitative estimate of drug-likeness (QED) is 0.867. The minimum atomic E-state index is -2.88. The molecule has 0 aliphatic carbocycles. The molecule has 2 aromatic carbocycles. The molecule has 21 heavy (non-hydrogen) atoms. The average molecular weight is 313 g/mol. The predicted octanol–water partition coefficient (Wildman–Crippen LogP) is 4.59. The molecule has 7 heteroatoms. The second kappa shape index (κ2) is 6.90. The van der Waals surface area contributed by atoms with Crippen LogP contribution in [0.3, 0.4) is 0 Å². The molecule has 0 atom stereocenters. The Labute approximate surface area is 124 Å². The molecule has 0 heterocycles. The molecule has 0 unspecified atom stereocenters. The maximum absolute atomic E-state index is 12.0. The number of hydrogen-bond acceptors (Lipinski definition) is 2. The molecular weight excluding hydrogens is 302 g/mol. The van der Waals surface area contributed by atoms with Crippen molar-refractivity contribution in [3.63, 3.8) is 0 Å². The zero-order chi connectivity index (χ0) is 15.2. The lowest BCUT2D eigenvalue weighted by Crippen LogP contribution is -2.19. The molecule has 0 aromatic heterocycles. The summed E-state index contributed by atoms with van der Waals surface area (Å²) in [6.45, 7) is -2.88. The van der Waals surface area contributed by atoms with E-state index in [4.69, 9.17) is 11.6 Å². The van der Waals surface area contributed by atoms with Crippen molar-refractivity contribution >= 4 is 29.0 Å². The van der Waals surface area contributed by atoms with E-state index in [1.54, 1.807) is 24.3 Å². The summed E-state index contributed by atoms with van der Waals surface area (Å²) in [4.78, 5) is 11.7. The Bertz CT molecular complexity index is 621. The third-order valence-electron chi connectivity index (χ3n) is 2.42. The third-order valence-corrected chi connectivity index (χ3v) is 2.65. The van der Waals surface area contributed by atoms with Crippen molar-refractivity contribution in [1.29, 1.82) is 0 Å². The molecule has 4 nitrogen and oxygen atoms in total. The van der Waals surface area contributed by atoms with E-state index in [1.807, 2.05) is 0 Å². The Morgan fingerprint density at radius 3 is 2.33 bits per heavy atom. The fourth-order valence-electron chi connectivity index (χ4n) is 1.58. The smallest absolute Gasteiger partial charge is 0.387 e. The van der Waals surface area contributed by atoms with Crippen LogP contribution in [0, 0.1) is 0 Å². The van der Waals surface area contributed by atoms with Gasteiger partial charge in [-0.2, -0.15) is 8.78 Å². The number of alkyl halides is 2. The number of rotatable bonds is 4. The zero-order valence-corrected chi connectivity index (χ0v) is 11.4. The van der Waals surface area contributed by atoms with E-state index in [-0.39, 0.29) is 5.75 Å². The van der Waals surface area contributed by atoms with Crippen LogP contribution in [0.1, 0.15) is 0 Å². The molecule has 0 fully saturated rings. The van der Waals surface area contributed by atoms with Gasteiger partial charge in [0, 0.05) is 16.4 Å². The van der Waals surface area contributed by atoms with Crippen molar-refractivity contribution in [3.8, 4) is 5.75 Å². The fourth-order valence-corrected chi connectivity index (χ4v) is 1.77. The van der Waals surface area contributed by atoms with Gasteiger partial charge in [-0.25, -0.2) is 4.79 Å². The maximum atomic E-state index is 12.0. The van der Waals surface area contributed by atoms with Gasteiger partial charge in [0.1, 0.15) is 5.75 Å². The number of hydrogen-bond donors (Lipinski definition) is 2. The van der Waals surface area contributed by atoms with Gasteiger partial charge in [-0.1, -0.05) is 17.7 Å². The van der Waals surface area contributed by atoms with Crippen molar-refractivity contribution in [2.45, 2.75) is 6.61 Å². The first-order chi connectivity index (χ1) is 10.0. The van der Waals surface area contributed by atoms with Crippen molar-refractivity contribution < 1.29 is 18.3 Å². The van der Waals surface area contributed by atoms with Gasteiger partial charge in [0.05, 0.1) is 0 Å². The van der Waals surface area contributed by atoms with Crippen LogP contribution in [0.4, 0.5) is 25.0 Å². The maximum Gasteiger partial charge on any atom is 0.387 e. The first-order valence-corrected chi connectivity index (χ1v) is 6.29. The highest BCUT2D eigenvalue weighted by Crippen LogP contribution is 2.18. The van der Waals surface area contributed by atoms with Crippen molar-refractivity contribution in [2.75, 3.05) is 10.6 Å². The monoisotopic (exact) mass is 312 g/mol. The molecule has 2 amide bonds. The van der Waals surface area contributed by atoms with Crippen LogP contribution in [0.5, 0.6) is 5.75 Å². The molecule has 0 spiro atoms. The van der Waals surface area contributed by atoms with Crippen LogP contribution in [0.15, 0.2) is 48.5 Å². The van der Waals surface area contributed by atoms with Crippen LogP contribution >= 0.6 is 11.6 Å². The molecule has 2 N–H and O–H groups in total.